The Hall–Kier alpha value is -2.61. The smallest absolute Gasteiger partial charge is 0.240 e. The second-order valence-electron chi connectivity index (χ2n) is 6.43. The first-order valence-electron chi connectivity index (χ1n) is 8.60. The van der Waals surface area contributed by atoms with Crippen LogP contribution in [0.5, 0.6) is 11.5 Å². The Morgan fingerprint density at radius 3 is 2.73 bits per heavy atom. The van der Waals surface area contributed by atoms with Crippen molar-refractivity contribution in [1.82, 2.24) is 19.9 Å². The molecule has 1 unspecified atom stereocenters. The van der Waals surface area contributed by atoms with Crippen molar-refractivity contribution in [2.75, 3.05) is 27.7 Å². The van der Waals surface area contributed by atoms with Gasteiger partial charge >= 0.3 is 0 Å². The summed E-state index contributed by atoms with van der Waals surface area (Å²) in [6.45, 7) is 1.54. The monoisotopic (exact) mass is 360 g/mol. The van der Waals surface area contributed by atoms with Crippen LogP contribution in [0.4, 0.5) is 0 Å². The van der Waals surface area contributed by atoms with Gasteiger partial charge in [-0.1, -0.05) is 5.16 Å². The first-order valence-corrected chi connectivity index (χ1v) is 8.60. The molecule has 1 aromatic heterocycles. The Labute approximate surface area is 152 Å². The summed E-state index contributed by atoms with van der Waals surface area (Å²) in [4.78, 5) is 20.3. The Balaban J connectivity index is 1.55. The molecule has 8 heteroatoms. The van der Waals surface area contributed by atoms with Gasteiger partial charge in [-0.3, -0.25) is 9.69 Å². The first-order chi connectivity index (χ1) is 12.6. The van der Waals surface area contributed by atoms with Crippen molar-refractivity contribution in [3.8, 4) is 11.5 Å². The summed E-state index contributed by atoms with van der Waals surface area (Å²) in [6, 6.07) is 7.18. The molecule has 1 atom stereocenters. The van der Waals surface area contributed by atoms with Crippen LogP contribution in [0, 0.1) is 0 Å². The van der Waals surface area contributed by atoms with Crippen molar-refractivity contribution in [2.45, 2.75) is 32.0 Å². The molecular weight excluding hydrogens is 336 g/mol. The lowest BCUT2D eigenvalue weighted by atomic mass is 10.2. The van der Waals surface area contributed by atoms with Gasteiger partial charge in [-0.25, -0.2) is 0 Å². The molecule has 1 saturated heterocycles. The number of hydrogen-bond donors (Lipinski definition) is 0. The number of methoxy groups -OCH3 is 1. The van der Waals surface area contributed by atoms with Gasteiger partial charge in [0.25, 0.3) is 0 Å². The Morgan fingerprint density at radius 1 is 1.31 bits per heavy atom. The molecule has 0 bridgehead atoms. The second kappa shape index (κ2) is 8.18. The maximum atomic E-state index is 12.2. The van der Waals surface area contributed by atoms with E-state index in [1.54, 1.807) is 26.1 Å². The van der Waals surface area contributed by atoms with Gasteiger partial charge in [-0.05, 0) is 43.7 Å². The number of likely N-dealkylation sites (tertiary alicyclic amines) is 1. The molecule has 2 heterocycles. The molecule has 2 aromatic rings. The van der Waals surface area contributed by atoms with E-state index < -0.39 is 0 Å². The lowest BCUT2D eigenvalue weighted by Gasteiger charge is -2.24. The molecule has 0 radical (unpaired) electrons. The molecule has 3 rings (SSSR count). The van der Waals surface area contributed by atoms with Gasteiger partial charge < -0.3 is 18.9 Å². The van der Waals surface area contributed by atoms with Crippen LogP contribution < -0.4 is 9.47 Å². The number of hydrogen-bond acceptors (Lipinski definition) is 7. The molecule has 1 amide bonds. The molecule has 26 heavy (non-hydrogen) atoms. The van der Waals surface area contributed by atoms with Crippen LogP contribution in [0.3, 0.4) is 0 Å². The van der Waals surface area contributed by atoms with Crippen LogP contribution in [0.15, 0.2) is 28.8 Å². The summed E-state index contributed by atoms with van der Waals surface area (Å²) in [5.41, 5.74) is 0. The predicted molar refractivity (Wildman–Crippen MR) is 93.8 cm³/mol. The summed E-state index contributed by atoms with van der Waals surface area (Å²) in [6.07, 6.45) is 1.85. The van der Waals surface area contributed by atoms with Gasteiger partial charge in [0.2, 0.25) is 17.6 Å². The van der Waals surface area contributed by atoms with E-state index in [4.69, 9.17) is 14.0 Å². The fourth-order valence-corrected chi connectivity index (χ4v) is 3.00. The van der Waals surface area contributed by atoms with Crippen molar-refractivity contribution in [1.29, 1.82) is 0 Å². The van der Waals surface area contributed by atoms with E-state index in [-0.39, 0.29) is 18.6 Å². The molecule has 0 spiro atoms. The van der Waals surface area contributed by atoms with Gasteiger partial charge in [0, 0.05) is 14.1 Å². The van der Waals surface area contributed by atoms with Crippen LogP contribution in [0.1, 0.15) is 24.6 Å². The zero-order valence-corrected chi connectivity index (χ0v) is 15.3. The van der Waals surface area contributed by atoms with Crippen LogP contribution in [0.2, 0.25) is 0 Å². The largest absolute Gasteiger partial charge is 0.497 e. The zero-order valence-electron chi connectivity index (χ0n) is 15.3. The number of amides is 1. The second-order valence-corrected chi connectivity index (χ2v) is 6.43. The van der Waals surface area contributed by atoms with E-state index in [0.717, 1.165) is 25.1 Å². The van der Waals surface area contributed by atoms with E-state index in [1.807, 2.05) is 24.3 Å². The fourth-order valence-electron chi connectivity index (χ4n) is 3.00. The van der Waals surface area contributed by atoms with E-state index in [0.29, 0.717) is 24.0 Å². The van der Waals surface area contributed by atoms with Crippen LogP contribution in [-0.2, 0) is 17.9 Å². The molecular formula is C18H24N4O4. The maximum absolute atomic E-state index is 12.2. The lowest BCUT2D eigenvalue weighted by Crippen LogP contribution is -2.42. The number of ether oxygens (including phenoxy) is 2. The standard InChI is InChI=1S/C18H24N4O4/c1-21(2)18(23)15-5-4-10-22(15)11-17-19-16(20-26-17)12-25-14-8-6-13(24-3)7-9-14/h6-9,15H,4-5,10-12H2,1-3H3. The summed E-state index contributed by atoms with van der Waals surface area (Å²) >= 11 is 0. The molecule has 8 nitrogen and oxygen atoms in total. The number of nitrogens with zero attached hydrogens (tertiary/aromatic N) is 4. The SMILES string of the molecule is COc1ccc(OCc2noc(CN3CCCC3C(=O)N(C)C)n2)cc1. The lowest BCUT2D eigenvalue weighted by molar-refractivity contribution is -0.133. The normalized spacial score (nSPS) is 17.3. The van der Waals surface area contributed by atoms with Crippen molar-refractivity contribution in [2.24, 2.45) is 0 Å². The Kier molecular flexibility index (Phi) is 5.72. The summed E-state index contributed by atoms with van der Waals surface area (Å²) in [5.74, 6) is 2.56. The van der Waals surface area contributed by atoms with Crippen LogP contribution in [0.25, 0.3) is 0 Å². The van der Waals surface area contributed by atoms with Gasteiger partial charge in [-0.2, -0.15) is 4.98 Å². The third-order valence-electron chi connectivity index (χ3n) is 4.37. The highest BCUT2D eigenvalue weighted by molar-refractivity contribution is 5.81. The minimum Gasteiger partial charge on any atom is -0.497 e. The van der Waals surface area contributed by atoms with E-state index >= 15 is 0 Å². The average molecular weight is 360 g/mol. The molecule has 140 valence electrons. The minimum absolute atomic E-state index is 0.115. The fraction of sp³-hybridized carbons (Fsp3) is 0.500. The number of benzene rings is 1. The van der Waals surface area contributed by atoms with Crippen molar-refractivity contribution < 1.29 is 18.8 Å². The predicted octanol–water partition coefficient (Wildman–Crippen LogP) is 1.71. The maximum Gasteiger partial charge on any atom is 0.240 e. The number of carbonyl (C=O) groups excluding carboxylic acids is 1. The van der Waals surface area contributed by atoms with Gasteiger partial charge in [-0.15, -0.1) is 0 Å². The van der Waals surface area contributed by atoms with E-state index in [2.05, 4.69) is 15.0 Å². The molecule has 1 fully saturated rings. The number of carbonyl (C=O) groups is 1. The van der Waals surface area contributed by atoms with Gasteiger partial charge in [0.15, 0.2) is 6.61 Å². The molecule has 0 saturated carbocycles. The van der Waals surface area contributed by atoms with E-state index in [1.165, 1.54) is 0 Å². The van der Waals surface area contributed by atoms with Crippen molar-refractivity contribution in [3.63, 3.8) is 0 Å². The third-order valence-corrected chi connectivity index (χ3v) is 4.37. The van der Waals surface area contributed by atoms with E-state index in [9.17, 15) is 4.79 Å². The number of aromatic nitrogens is 2. The van der Waals surface area contributed by atoms with Crippen molar-refractivity contribution >= 4 is 5.91 Å². The highest BCUT2D eigenvalue weighted by atomic mass is 16.5. The molecule has 1 aromatic carbocycles. The topological polar surface area (TPSA) is 80.9 Å². The Morgan fingerprint density at radius 2 is 2.04 bits per heavy atom. The zero-order chi connectivity index (χ0) is 18.5. The van der Waals surface area contributed by atoms with Crippen molar-refractivity contribution in [3.05, 3.63) is 36.0 Å². The Bertz CT molecular complexity index is 729. The van der Waals surface area contributed by atoms with Gasteiger partial charge in [0.05, 0.1) is 19.7 Å². The molecule has 1 aliphatic heterocycles. The summed E-state index contributed by atoms with van der Waals surface area (Å²) in [7, 11) is 5.17. The summed E-state index contributed by atoms with van der Waals surface area (Å²) < 4.78 is 16.1. The van der Waals surface area contributed by atoms with Crippen LogP contribution in [-0.4, -0.2) is 59.6 Å². The number of likely N-dealkylation sites (N-methyl/N-ethyl adjacent to an activating group) is 1. The molecule has 1 aliphatic rings. The highest BCUT2D eigenvalue weighted by Crippen LogP contribution is 2.21. The highest BCUT2D eigenvalue weighted by Gasteiger charge is 2.32. The number of rotatable bonds is 7. The molecule has 0 N–H and O–H groups in total. The third kappa shape index (κ3) is 4.32. The van der Waals surface area contributed by atoms with Gasteiger partial charge in [0.1, 0.15) is 11.5 Å². The quantitative estimate of drug-likeness (QED) is 0.743. The minimum atomic E-state index is -0.115. The summed E-state index contributed by atoms with van der Waals surface area (Å²) in [5, 5.41) is 3.95. The van der Waals surface area contributed by atoms with Crippen LogP contribution >= 0.6 is 0 Å². The first kappa shape index (κ1) is 18.2. The molecule has 0 aliphatic carbocycles. The average Bonchev–Trinajstić information content (AvgIpc) is 3.29.